The maximum absolute atomic E-state index is 13.1. The van der Waals surface area contributed by atoms with Crippen LogP contribution in [0.5, 0.6) is 0 Å². The van der Waals surface area contributed by atoms with Crippen molar-refractivity contribution in [3.05, 3.63) is 46.4 Å². The van der Waals surface area contributed by atoms with Gasteiger partial charge in [0, 0.05) is 23.8 Å². The molecule has 6 nitrogen and oxygen atoms in total. The van der Waals surface area contributed by atoms with Gasteiger partial charge in [-0.05, 0) is 34.1 Å². The third-order valence-electron chi connectivity index (χ3n) is 3.46. The summed E-state index contributed by atoms with van der Waals surface area (Å²) in [6.45, 7) is 1.36. The number of carbonyl (C=O) groups excluding carboxylic acids is 1. The Morgan fingerprint density at radius 2 is 2.33 bits per heavy atom. The molecule has 1 fully saturated rings. The molecule has 3 rings (SSSR count). The highest BCUT2D eigenvalue weighted by Crippen LogP contribution is 2.20. The molecular weight excluding hydrogens is 341 g/mol. The third kappa shape index (κ3) is 2.96. The van der Waals surface area contributed by atoms with Gasteiger partial charge in [-0.2, -0.15) is 0 Å². The topological polar surface area (TPSA) is 71.8 Å². The van der Waals surface area contributed by atoms with Crippen LogP contribution in [0.2, 0.25) is 0 Å². The molecule has 1 aromatic carbocycles. The first-order chi connectivity index (χ1) is 10.1. The van der Waals surface area contributed by atoms with Crippen LogP contribution in [0.4, 0.5) is 4.39 Å². The second-order valence-electron chi connectivity index (χ2n) is 4.81. The van der Waals surface area contributed by atoms with Crippen LogP contribution in [0.1, 0.15) is 16.4 Å². The van der Waals surface area contributed by atoms with Gasteiger partial charge in [0.2, 0.25) is 0 Å². The zero-order valence-corrected chi connectivity index (χ0v) is 12.5. The van der Waals surface area contributed by atoms with Crippen LogP contribution in [0.25, 0.3) is 0 Å². The van der Waals surface area contributed by atoms with Crippen molar-refractivity contribution in [2.24, 2.45) is 0 Å². The van der Waals surface area contributed by atoms with Gasteiger partial charge in [-0.15, -0.1) is 5.10 Å². The summed E-state index contributed by atoms with van der Waals surface area (Å²) in [6.07, 6.45) is 3.37. The first-order valence-corrected chi connectivity index (χ1v) is 7.27. The Bertz CT molecular complexity index is 648. The average molecular weight is 354 g/mol. The Labute approximate surface area is 128 Å². The van der Waals surface area contributed by atoms with Gasteiger partial charge in [-0.3, -0.25) is 4.79 Å². The Hall–Kier alpha value is -1.80. The lowest BCUT2D eigenvalue weighted by molar-refractivity contribution is 0.0930. The first-order valence-electron chi connectivity index (χ1n) is 6.47. The molecule has 1 saturated heterocycles. The standard InChI is InChI=1S/C13H13BrFN5O/c14-10-5-8(15)1-2-9(10)13(21)18-11-6-16-7-12(11)20-4-3-17-19-20/h1-5,11-12,16H,6-7H2,(H,18,21)/t11-,12+/m1/s1. The Morgan fingerprint density at radius 1 is 1.48 bits per heavy atom. The molecule has 8 heteroatoms. The van der Waals surface area contributed by atoms with Crippen molar-refractivity contribution in [2.75, 3.05) is 13.1 Å². The largest absolute Gasteiger partial charge is 0.346 e. The van der Waals surface area contributed by atoms with Crippen LogP contribution in [0.3, 0.4) is 0 Å². The summed E-state index contributed by atoms with van der Waals surface area (Å²) in [6, 6.07) is 3.91. The normalized spacial score (nSPS) is 21.4. The van der Waals surface area contributed by atoms with E-state index in [1.54, 1.807) is 17.1 Å². The van der Waals surface area contributed by atoms with Gasteiger partial charge >= 0.3 is 0 Å². The zero-order chi connectivity index (χ0) is 14.8. The van der Waals surface area contributed by atoms with Crippen molar-refractivity contribution in [2.45, 2.75) is 12.1 Å². The van der Waals surface area contributed by atoms with E-state index in [9.17, 15) is 9.18 Å². The van der Waals surface area contributed by atoms with Crippen LogP contribution in [-0.2, 0) is 0 Å². The molecule has 1 amide bonds. The molecule has 2 aromatic rings. The molecule has 110 valence electrons. The smallest absolute Gasteiger partial charge is 0.252 e. The molecular formula is C13H13BrFN5O. The van der Waals surface area contributed by atoms with Crippen molar-refractivity contribution >= 4 is 21.8 Å². The lowest BCUT2D eigenvalue weighted by Gasteiger charge is -2.20. The Balaban J connectivity index is 1.75. The zero-order valence-electron chi connectivity index (χ0n) is 11.0. The number of hydrogen-bond acceptors (Lipinski definition) is 4. The maximum atomic E-state index is 13.1. The lowest BCUT2D eigenvalue weighted by atomic mass is 10.1. The molecule has 21 heavy (non-hydrogen) atoms. The van der Waals surface area contributed by atoms with E-state index in [-0.39, 0.29) is 23.8 Å². The average Bonchev–Trinajstić information content (AvgIpc) is 3.08. The number of nitrogens with zero attached hydrogens (tertiary/aromatic N) is 3. The third-order valence-corrected chi connectivity index (χ3v) is 4.11. The lowest BCUT2D eigenvalue weighted by Crippen LogP contribution is -2.41. The van der Waals surface area contributed by atoms with Crippen molar-refractivity contribution in [1.29, 1.82) is 0 Å². The molecule has 0 aliphatic carbocycles. The number of aromatic nitrogens is 3. The van der Waals surface area contributed by atoms with Crippen LogP contribution < -0.4 is 10.6 Å². The summed E-state index contributed by atoms with van der Waals surface area (Å²) in [5, 5.41) is 13.9. The molecule has 0 unspecified atom stereocenters. The molecule has 2 heterocycles. The maximum Gasteiger partial charge on any atom is 0.252 e. The SMILES string of the molecule is O=C(N[C@@H]1CNC[C@@H]1n1ccnn1)c1ccc(F)cc1Br. The van der Waals surface area contributed by atoms with Gasteiger partial charge < -0.3 is 10.6 Å². The fourth-order valence-electron chi connectivity index (χ4n) is 2.40. The predicted octanol–water partition coefficient (Wildman–Crippen LogP) is 1.12. The second-order valence-corrected chi connectivity index (χ2v) is 5.67. The summed E-state index contributed by atoms with van der Waals surface area (Å²) in [5.74, 6) is -0.637. The Morgan fingerprint density at radius 3 is 3.05 bits per heavy atom. The van der Waals surface area contributed by atoms with Crippen molar-refractivity contribution in [3.8, 4) is 0 Å². The summed E-state index contributed by atoms with van der Waals surface area (Å²) in [7, 11) is 0. The predicted molar refractivity (Wildman–Crippen MR) is 77.3 cm³/mol. The van der Waals surface area contributed by atoms with Crippen molar-refractivity contribution in [1.82, 2.24) is 25.6 Å². The second kappa shape index (κ2) is 5.90. The molecule has 1 aliphatic rings. The molecule has 0 bridgehead atoms. The van der Waals surface area contributed by atoms with E-state index in [2.05, 4.69) is 36.9 Å². The highest BCUT2D eigenvalue weighted by molar-refractivity contribution is 9.10. The van der Waals surface area contributed by atoms with E-state index in [0.717, 1.165) is 0 Å². The van der Waals surface area contributed by atoms with E-state index >= 15 is 0 Å². The van der Waals surface area contributed by atoms with Crippen LogP contribution in [0.15, 0.2) is 35.1 Å². The number of hydrogen-bond donors (Lipinski definition) is 2. The number of amides is 1. The van der Waals surface area contributed by atoms with Crippen molar-refractivity contribution in [3.63, 3.8) is 0 Å². The minimum absolute atomic E-state index is 0.00988. The van der Waals surface area contributed by atoms with Gasteiger partial charge in [0.25, 0.3) is 5.91 Å². The summed E-state index contributed by atoms with van der Waals surface area (Å²) < 4.78 is 15.2. The van der Waals surface area contributed by atoms with E-state index in [0.29, 0.717) is 23.1 Å². The van der Waals surface area contributed by atoms with Crippen LogP contribution in [0, 0.1) is 5.82 Å². The van der Waals surface area contributed by atoms with Gasteiger partial charge in [0.1, 0.15) is 5.82 Å². The highest BCUT2D eigenvalue weighted by Gasteiger charge is 2.30. The molecule has 1 aliphatic heterocycles. The van der Waals surface area contributed by atoms with E-state index in [1.807, 2.05) is 0 Å². The van der Waals surface area contributed by atoms with Crippen molar-refractivity contribution < 1.29 is 9.18 Å². The summed E-state index contributed by atoms with van der Waals surface area (Å²) in [4.78, 5) is 12.3. The molecule has 2 atom stereocenters. The number of nitrogens with one attached hydrogen (secondary N) is 2. The number of rotatable bonds is 3. The molecule has 0 radical (unpaired) electrons. The molecule has 2 N–H and O–H groups in total. The Kier molecular flexibility index (Phi) is 3.98. The first kappa shape index (κ1) is 14.2. The van der Waals surface area contributed by atoms with Gasteiger partial charge in [0.15, 0.2) is 0 Å². The van der Waals surface area contributed by atoms with E-state index in [4.69, 9.17) is 0 Å². The minimum Gasteiger partial charge on any atom is -0.346 e. The monoisotopic (exact) mass is 353 g/mol. The summed E-state index contributed by atoms with van der Waals surface area (Å²) in [5.41, 5.74) is 0.403. The van der Waals surface area contributed by atoms with Crippen LogP contribution in [-0.4, -0.2) is 40.0 Å². The van der Waals surface area contributed by atoms with Gasteiger partial charge in [-0.25, -0.2) is 9.07 Å². The number of benzene rings is 1. The molecule has 0 saturated carbocycles. The fourth-order valence-corrected chi connectivity index (χ4v) is 2.94. The quantitative estimate of drug-likeness (QED) is 0.867. The summed E-state index contributed by atoms with van der Waals surface area (Å²) >= 11 is 3.21. The van der Waals surface area contributed by atoms with Gasteiger partial charge in [-0.1, -0.05) is 5.21 Å². The van der Waals surface area contributed by atoms with E-state index < -0.39 is 0 Å². The number of halogens is 2. The fraction of sp³-hybridized carbons (Fsp3) is 0.308. The highest BCUT2D eigenvalue weighted by atomic mass is 79.9. The molecule has 0 spiro atoms. The van der Waals surface area contributed by atoms with Crippen LogP contribution >= 0.6 is 15.9 Å². The number of carbonyl (C=O) groups is 1. The minimum atomic E-state index is -0.388. The van der Waals surface area contributed by atoms with Gasteiger partial charge in [0.05, 0.1) is 23.8 Å². The van der Waals surface area contributed by atoms with E-state index in [1.165, 1.54) is 18.2 Å². The molecule has 1 aromatic heterocycles.